The smallest absolute Gasteiger partial charge is 0.139 e. The van der Waals surface area contributed by atoms with Crippen molar-refractivity contribution in [3.05, 3.63) is 28.8 Å². The Morgan fingerprint density at radius 2 is 2.00 bits per heavy atom. The third kappa shape index (κ3) is 1.74. The highest BCUT2D eigenvalue weighted by molar-refractivity contribution is 5.87. The van der Waals surface area contributed by atoms with Gasteiger partial charge in [0.05, 0.1) is 0 Å². The first kappa shape index (κ1) is 13.4. The summed E-state index contributed by atoms with van der Waals surface area (Å²) in [4.78, 5) is 12.3. The van der Waals surface area contributed by atoms with E-state index in [0.717, 1.165) is 37.7 Å². The molecular weight excluding hydrogens is 260 g/mol. The first-order valence-corrected chi connectivity index (χ1v) is 8.36. The van der Waals surface area contributed by atoms with Gasteiger partial charge in [0.25, 0.3) is 0 Å². The number of benzene rings is 1. The molecule has 4 unspecified atom stereocenters. The number of carbonyl (C=O) groups is 1. The molecule has 1 N–H and O–H groups in total. The number of fused-ring (bicyclic) bond motifs is 5. The Kier molecular flexibility index (Phi) is 2.76. The Morgan fingerprint density at radius 1 is 1.19 bits per heavy atom. The fraction of sp³-hybridized carbons (Fsp3) is 0.632. The molecule has 0 saturated heterocycles. The van der Waals surface area contributed by atoms with E-state index in [9.17, 15) is 9.90 Å². The number of hydrogen-bond acceptors (Lipinski definition) is 2. The SMILES string of the molecule is Cc1cc2c(cc1O)CCC1C2CCC2(C)C(=O)CCC12. The summed E-state index contributed by atoms with van der Waals surface area (Å²) in [5.74, 6) is 2.82. The quantitative estimate of drug-likeness (QED) is 0.778. The first-order chi connectivity index (χ1) is 10.0. The van der Waals surface area contributed by atoms with Crippen LogP contribution in [0, 0.1) is 24.2 Å². The molecule has 0 bridgehead atoms. The Labute approximate surface area is 126 Å². The molecule has 2 heteroatoms. The zero-order valence-electron chi connectivity index (χ0n) is 13.0. The van der Waals surface area contributed by atoms with Gasteiger partial charge in [0, 0.05) is 11.8 Å². The minimum atomic E-state index is -0.0371. The standard InChI is InChI=1S/C19H24O2/c1-11-9-15-12(10-17(11)20)3-4-14-13(15)7-8-19(2)16(14)5-6-18(19)21/h9-10,13-14,16,20H,3-8H2,1-2H3. The van der Waals surface area contributed by atoms with Crippen LogP contribution in [0.3, 0.4) is 0 Å². The summed E-state index contributed by atoms with van der Waals surface area (Å²) in [6, 6.07) is 4.19. The minimum absolute atomic E-state index is 0.0371. The summed E-state index contributed by atoms with van der Waals surface area (Å²) in [5.41, 5.74) is 3.76. The molecule has 1 aromatic carbocycles. The van der Waals surface area contributed by atoms with Gasteiger partial charge in [-0.25, -0.2) is 0 Å². The number of phenols is 1. The van der Waals surface area contributed by atoms with Crippen LogP contribution in [0.5, 0.6) is 5.75 Å². The molecule has 2 nitrogen and oxygen atoms in total. The van der Waals surface area contributed by atoms with Crippen molar-refractivity contribution in [2.24, 2.45) is 17.3 Å². The summed E-state index contributed by atoms with van der Waals surface area (Å²) >= 11 is 0. The zero-order chi connectivity index (χ0) is 14.8. The average molecular weight is 284 g/mol. The topological polar surface area (TPSA) is 37.3 Å². The van der Waals surface area contributed by atoms with Crippen LogP contribution in [-0.4, -0.2) is 10.9 Å². The number of Topliss-reactive ketones (excluding diaryl/α,β-unsaturated/α-hetero) is 1. The van der Waals surface area contributed by atoms with Crippen molar-refractivity contribution < 1.29 is 9.90 Å². The molecule has 3 aliphatic carbocycles. The highest BCUT2D eigenvalue weighted by atomic mass is 16.3. The molecule has 0 aliphatic heterocycles. The highest BCUT2D eigenvalue weighted by Gasteiger charge is 2.54. The van der Waals surface area contributed by atoms with Crippen molar-refractivity contribution in [3.63, 3.8) is 0 Å². The second-order valence-corrected chi connectivity index (χ2v) is 7.67. The number of aryl methyl sites for hydroxylation is 2. The van der Waals surface area contributed by atoms with Gasteiger partial charge in [0.2, 0.25) is 0 Å². The maximum absolute atomic E-state index is 12.3. The summed E-state index contributed by atoms with van der Waals surface area (Å²) in [7, 11) is 0. The van der Waals surface area contributed by atoms with E-state index in [2.05, 4.69) is 13.0 Å². The van der Waals surface area contributed by atoms with Crippen molar-refractivity contribution in [1.29, 1.82) is 0 Å². The van der Waals surface area contributed by atoms with Crippen LogP contribution in [0.4, 0.5) is 0 Å². The van der Waals surface area contributed by atoms with Crippen molar-refractivity contribution >= 4 is 5.78 Å². The van der Waals surface area contributed by atoms with Crippen LogP contribution >= 0.6 is 0 Å². The molecule has 0 amide bonds. The number of aromatic hydroxyl groups is 1. The van der Waals surface area contributed by atoms with E-state index in [0.29, 0.717) is 29.3 Å². The van der Waals surface area contributed by atoms with Gasteiger partial charge in [-0.3, -0.25) is 4.79 Å². The molecule has 112 valence electrons. The van der Waals surface area contributed by atoms with Gasteiger partial charge in [0.15, 0.2) is 0 Å². The minimum Gasteiger partial charge on any atom is -0.508 e. The van der Waals surface area contributed by atoms with Crippen molar-refractivity contribution in [3.8, 4) is 5.75 Å². The van der Waals surface area contributed by atoms with Gasteiger partial charge in [0.1, 0.15) is 11.5 Å². The second-order valence-electron chi connectivity index (χ2n) is 7.67. The zero-order valence-corrected chi connectivity index (χ0v) is 13.0. The fourth-order valence-corrected chi connectivity index (χ4v) is 5.49. The van der Waals surface area contributed by atoms with Crippen LogP contribution in [0.25, 0.3) is 0 Å². The maximum atomic E-state index is 12.3. The number of hydrogen-bond donors (Lipinski definition) is 1. The van der Waals surface area contributed by atoms with Gasteiger partial charge < -0.3 is 5.11 Å². The average Bonchev–Trinajstić information content (AvgIpc) is 2.76. The molecule has 0 spiro atoms. The number of rotatable bonds is 0. The summed E-state index contributed by atoms with van der Waals surface area (Å²) in [6.07, 6.45) is 6.34. The Balaban J connectivity index is 1.75. The molecule has 3 aliphatic rings. The summed E-state index contributed by atoms with van der Waals surface area (Å²) in [5, 5.41) is 9.95. The molecule has 21 heavy (non-hydrogen) atoms. The number of carbonyl (C=O) groups excluding carboxylic acids is 1. The van der Waals surface area contributed by atoms with E-state index in [4.69, 9.17) is 0 Å². The van der Waals surface area contributed by atoms with Crippen molar-refractivity contribution in [2.45, 2.75) is 58.3 Å². The number of ketones is 1. The predicted molar refractivity (Wildman–Crippen MR) is 82.5 cm³/mol. The third-order valence-corrected chi connectivity index (χ3v) is 6.75. The molecule has 4 rings (SSSR count). The molecule has 0 radical (unpaired) electrons. The van der Waals surface area contributed by atoms with Gasteiger partial charge in [-0.1, -0.05) is 13.0 Å². The van der Waals surface area contributed by atoms with E-state index in [1.54, 1.807) is 0 Å². The molecule has 2 fully saturated rings. The molecule has 0 aromatic heterocycles. The monoisotopic (exact) mass is 284 g/mol. The number of phenolic OH excluding ortho intramolecular Hbond substituents is 1. The molecule has 4 atom stereocenters. The summed E-state index contributed by atoms with van der Waals surface area (Å²) < 4.78 is 0. The lowest BCUT2D eigenvalue weighted by Gasteiger charge is -2.48. The molecular formula is C19H24O2. The second kappa shape index (κ2) is 4.34. The molecule has 0 heterocycles. The lowest BCUT2D eigenvalue weighted by Crippen LogP contribution is -2.42. The van der Waals surface area contributed by atoms with E-state index in [-0.39, 0.29) is 5.41 Å². The van der Waals surface area contributed by atoms with Crippen LogP contribution in [0.1, 0.15) is 61.6 Å². The van der Waals surface area contributed by atoms with Crippen LogP contribution in [-0.2, 0) is 11.2 Å². The first-order valence-electron chi connectivity index (χ1n) is 8.36. The largest absolute Gasteiger partial charge is 0.508 e. The van der Waals surface area contributed by atoms with Gasteiger partial charge >= 0.3 is 0 Å². The van der Waals surface area contributed by atoms with E-state index in [1.807, 2.05) is 13.0 Å². The predicted octanol–water partition coefficient (Wildman–Crippen LogP) is 4.13. The lowest BCUT2D eigenvalue weighted by molar-refractivity contribution is -0.129. The molecule has 1 aromatic rings. The third-order valence-electron chi connectivity index (χ3n) is 6.75. The Hall–Kier alpha value is -1.31. The van der Waals surface area contributed by atoms with E-state index in [1.165, 1.54) is 17.5 Å². The van der Waals surface area contributed by atoms with Crippen LogP contribution in [0.15, 0.2) is 12.1 Å². The van der Waals surface area contributed by atoms with Gasteiger partial charge in [-0.05, 0) is 79.5 Å². The lowest BCUT2D eigenvalue weighted by atomic mass is 9.55. The van der Waals surface area contributed by atoms with Crippen molar-refractivity contribution in [2.75, 3.05) is 0 Å². The summed E-state index contributed by atoms with van der Waals surface area (Å²) in [6.45, 7) is 4.21. The Morgan fingerprint density at radius 3 is 2.81 bits per heavy atom. The molecule has 2 saturated carbocycles. The van der Waals surface area contributed by atoms with Crippen LogP contribution in [0.2, 0.25) is 0 Å². The normalized spacial score (nSPS) is 37.8. The maximum Gasteiger partial charge on any atom is 0.139 e. The highest BCUT2D eigenvalue weighted by Crippen LogP contribution is 2.59. The fourth-order valence-electron chi connectivity index (χ4n) is 5.49. The van der Waals surface area contributed by atoms with Crippen LogP contribution < -0.4 is 0 Å². The van der Waals surface area contributed by atoms with E-state index >= 15 is 0 Å². The van der Waals surface area contributed by atoms with Crippen molar-refractivity contribution in [1.82, 2.24) is 0 Å². The van der Waals surface area contributed by atoms with Gasteiger partial charge in [-0.2, -0.15) is 0 Å². The Bertz CT molecular complexity index is 618. The van der Waals surface area contributed by atoms with E-state index < -0.39 is 0 Å². The van der Waals surface area contributed by atoms with Gasteiger partial charge in [-0.15, -0.1) is 0 Å².